The number of carbonyl (C=O) groups is 1. The lowest BCUT2D eigenvalue weighted by Crippen LogP contribution is -2.16. The van der Waals surface area contributed by atoms with Crippen LogP contribution in [0.1, 0.15) is 12.0 Å². The molecule has 2 aromatic carbocycles. The first kappa shape index (κ1) is 17.3. The Morgan fingerprint density at radius 3 is 2.35 bits per heavy atom. The number of anilines is 3. The lowest BCUT2D eigenvalue weighted by atomic mass is 10.2. The van der Waals surface area contributed by atoms with E-state index in [1.54, 1.807) is 0 Å². The first-order valence-corrected chi connectivity index (χ1v) is 8.32. The van der Waals surface area contributed by atoms with Gasteiger partial charge in [0.1, 0.15) is 0 Å². The fourth-order valence-corrected chi connectivity index (χ4v) is 2.47. The van der Waals surface area contributed by atoms with Crippen molar-refractivity contribution in [2.45, 2.75) is 13.3 Å². The van der Waals surface area contributed by atoms with E-state index >= 15 is 0 Å². The second-order valence-corrected chi connectivity index (χ2v) is 6.48. The van der Waals surface area contributed by atoms with Gasteiger partial charge in [0.25, 0.3) is 0 Å². The fraction of sp³-hybridized carbons (Fsp3) is 0.278. The summed E-state index contributed by atoms with van der Waals surface area (Å²) in [4.78, 5) is 14.0. The second-order valence-electron chi connectivity index (χ2n) is 5.63. The van der Waals surface area contributed by atoms with Gasteiger partial charge in [-0.25, -0.2) is 0 Å². The molecule has 0 atom stereocenters. The smallest absolute Gasteiger partial charge is 0.226 e. The van der Waals surface area contributed by atoms with Crippen LogP contribution in [-0.4, -0.2) is 26.5 Å². The number of amides is 1. The van der Waals surface area contributed by atoms with Crippen LogP contribution >= 0.6 is 15.9 Å². The number of hydrogen-bond acceptors (Lipinski definition) is 3. The van der Waals surface area contributed by atoms with Crippen LogP contribution in [0.4, 0.5) is 17.1 Å². The highest BCUT2D eigenvalue weighted by Gasteiger charge is 2.03. The van der Waals surface area contributed by atoms with E-state index in [1.807, 2.05) is 68.4 Å². The van der Waals surface area contributed by atoms with Gasteiger partial charge in [-0.3, -0.25) is 4.79 Å². The molecule has 23 heavy (non-hydrogen) atoms. The predicted octanol–water partition coefficient (Wildman–Crippen LogP) is 4.26. The van der Waals surface area contributed by atoms with Crippen molar-refractivity contribution in [2.24, 2.45) is 0 Å². The van der Waals surface area contributed by atoms with Crippen LogP contribution in [0.2, 0.25) is 0 Å². The van der Waals surface area contributed by atoms with Crippen molar-refractivity contribution in [1.82, 2.24) is 0 Å². The molecule has 0 saturated carbocycles. The van der Waals surface area contributed by atoms with Crippen molar-refractivity contribution in [3.05, 3.63) is 52.5 Å². The summed E-state index contributed by atoms with van der Waals surface area (Å²) in [6, 6.07) is 13.9. The lowest BCUT2D eigenvalue weighted by molar-refractivity contribution is -0.115. The second kappa shape index (κ2) is 8.02. The molecule has 0 aliphatic carbocycles. The highest BCUT2D eigenvalue weighted by atomic mass is 79.9. The van der Waals surface area contributed by atoms with Gasteiger partial charge in [-0.05, 0) is 48.9 Å². The van der Waals surface area contributed by atoms with Crippen molar-refractivity contribution in [2.75, 3.05) is 36.2 Å². The van der Waals surface area contributed by atoms with E-state index in [0.29, 0.717) is 13.0 Å². The highest BCUT2D eigenvalue weighted by molar-refractivity contribution is 9.10. The molecule has 0 aliphatic rings. The van der Waals surface area contributed by atoms with Crippen LogP contribution in [0.15, 0.2) is 46.9 Å². The Bertz CT molecular complexity index is 668. The Labute approximate surface area is 146 Å². The third kappa shape index (κ3) is 5.28. The minimum atomic E-state index is 0.00119. The Kier molecular flexibility index (Phi) is 6.04. The van der Waals surface area contributed by atoms with Crippen LogP contribution < -0.4 is 15.5 Å². The normalized spacial score (nSPS) is 10.3. The standard InChI is InChI=1S/C18H22BrN3O/c1-13-4-5-15(12-17(13)19)20-11-10-18(23)21-14-6-8-16(9-7-14)22(2)3/h4-9,12,20H,10-11H2,1-3H3,(H,21,23). The summed E-state index contributed by atoms with van der Waals surface area (Å²) in [5.41, 5.74) is 4.12. The van der Waals surface area contributed by atoms with Gasteiger partial charge in [0, 0.05) is 48.6 Å². The van der Waals surface area contributed by atoms with E-state index in [1.165, 1.54) is 5.56 Å². The molecule has 0 aromatic heterocycles. The maximum atomic E-state index is 12.0. The summed E-state index contributed by atoms with van der Waals surface area (Å²) in [5.74, 6) is 0.00119. The van der Waals surface area contributed by atoms with E-state index in [0.717, 1.165) is 21.5 Å². The molecule has 0 saturated heterocycles. The molecule has 1 amide bonds. The average Bonchev–Trinajstić information content (AvgIpc) is 2.51. The molecular weight excluding hydrogens is 354 g/mol. The Morgan fingerprint density at radius 1 is 1.09 bits per heavy atom. The maximum absolute atomic E-state index is 12.0. The van der Waals surface area contributed by atoms with Crippen LogP contribution in [0.3, 0.4) is 0 Å². The molecule has 0 bridgehead atoms. The lowest BCUT2D eigenvalue weighted by Gasteiger charge is -2.13. The zero-order valence-electron chi connectivity index (χ0n) is 13.7. The average molecular weight is 376 g/mol. The molecule has 2 aromatic rings. The van der Waals surface area contributed by atoms with Crippen LogP contribution in [0, 0.1) is 6.92 Å². The van der Waals surface area contributed by atoms with E-state index in [-0.39, 0.29) is 5.91 Å². The zero-order valence-corrected chi connectivity index (χ0v) is 15.3. The van der Waals surface area contributed by atoms with E-state index in [4.69, 9.17) is 0 Å². The Morgan fingerprint density at radius 2 is 1.74 bits per heavy atom. The molecule has 122 valence electrons. The van der Waals surface area contributed by atoms with Crippen molar-refractivity contribution in [3.63, 3.8) is 0 Å². The summed E-state index contributed by atoms with van der Waals surface area (Å²) >= 11 is 3.50. The number of carbonyl (C=O) groups excluding carboxylic acids is 1. The molecule has 0 radical (unpaired) electrons. The van der Waals surface area contributed by atoms with Crippen LogP contribution in [-0.2, 0) is 4.79 Å². The van der Waals surface area contributed by atoms with Gasteiger partial charge in [-0.2, -0.15) is 0 Å². The predicted molar refractivity (Wildman–Crippen MR) is 101 cm³/mol. The van der Waals surface area contributed by atoms with Crippen LogP contribution in [0.25, 0.3) is 0 Å². The minimum absolute atomic E-state index is 0.00119. The number of benzene rings is 2. The quantitative estimate of drug-likeness (QED) is 0.792. The maximum Gasteiger partial charge on any atom is 0.226 e. The van der Waals surface area contributed by atoms with Crippen molar-refractivity contribution < 1.29 is 4.79 Å². The minimum Gasteiger partial charge on any atom is -0.384 e. The molecular formula is C18H22BrN3O. The molecule has 4 nitrogen and oxygen atoms in total. The fourth-order valence-electron chi connectivity index (χ4n) is 2.09. The zero-order chi connectivity index (χ0) is 16.8. The first-order valence-electron chi connectivity index (χ1n) is 7.53. The number of halogens is 1. The molecule has 2 rings (SSSR count). The largest absolute Gasteiger partial charge is 0.384 e. The third-order valence-electron chi connectivity index (χ3n) is 3.52. The number of rotatable bonds is 6. The Balaban J connectivity index is 1.79. The molecule has 2 N–H and O–H groups in total. The van der Waals surface area contributed by atoms with Gasteiger partial charge in [-0.15, -0.1) is 0 Å². The number of hydrogen-bond donors (Lipinski definition) is 2. The monoisotopic (exact) mass is 375 g/mol. The number of aryl methyl sites for hydroxylation is 1. The van der Waals surface area contributed by atoms with Crippen molar-refractivity contribution >= 4 is 38.9 Å². The molecule has 0 heterocycles. The number of nitrogens with zero attached hydrogens (tertiary/aromatic N) is 1. The summed E-state index contributed by atoms with van der Waals surface area (Å²) < 4.78 is 1.06. The Hall–Kier alpha value is -2.01. The van der Waals surface area contributed by atoms with Gasteiger partial charge >= 0.3 is 0 Å². The van der Waals surface area contributed by atoms with E-state index in [9.17, 15) is 4.79 Å². The van der Waals surface area contributed by atoms with Gasteiger partial charge in [0.05, 0.1) is 0 Å². The first-order chi connectivity index (χ1) is 11.0. The SMILES string of the molecule is Cc1ccc(NCCC(=O)Nc2ccc(N(C)C)cc2)cc1Br. The molecule has 0 fully saturated rings. The summed E-state index contributed by atoms with van der Waals surface area (Å²) in [5, 5.41) is 6.16. The topological polar surface area (TPSA) is 44.4 Å². The number of nitrogens with one attached hydrogen (secondary N) is 2. The van der Waals surface area contributed by atoms with E-state index in [2.05, 4.69) is 26.6 Å². The van der Waals surface area contributed by atoms with Crippen molar-refractivity contribution in [1.29, 1.82) is 0 Å². The van der Waals surface area contributed by atoms with Crippen LogP contribution in [0.5, 0.6) is 0 Å². The summed E-state index contributed by atoms with van der Waals surface area (Å²) in [6.07, 6.45) is 0.418. The molecule has 0 aliphatic heterocycles. The highest BCUT2D eigenvalue weighted by Crippen LogP contribution is 2.20. The molecule has 0 unspecified atom stereocenters. The van der Waals surface area contributed by atoms with E-state index < -0.39 is 0 Å². The van der Waals surface area contributed by atoms with Gasteiger partial charge in [-0.1, -0.05) is 22.0 Å². The summed E-state index contributed by atoms with van der Waals surface area (Å²) in [7, 11) is 3.98. The van der Waals surface area contributed by atoms with Gasteiger partial charge in [0.2, 0.25) is 5.91 Å². The molecule has 5 heteroatoms. The van der Waals surface area contributed by atoms with Gasteiger partial charge in [0.15, 0.2) is 0 Å². The van der Waals surface area contributed by atoms with Gasteiger partial charge < -0.3 is 15.5 Å². The third-order valence-corrected chi connectivity index (χ3v) is 4.37. The van der Waals surface area contributed by atoms with Crippen molar-refractivity contribution in [3.8, 4) is 0 Å². The molecule has 0 spiro atoms. The summed E-state index contributed by atoms with van der Waals surface area (Å²) in [6.45, 7) is 2.64.